The summed E-state index contributed by atoms with van der Waals surface area (Å²) in [4.78, 5) is 20.8. The number of ether oxygens (including phenoxy) is 1. The summed E-state index contributed by atoms with van der Waals surface area (Å²) in [6, 6.07) is 9.01. The molecule has 0 radical (unpaired) electrons. The maximum atomic E-state index is 6.74. The topological polar surface area (TPSA) is 60.8 Å². The first-order valence-electron chi connectivity index (χ1n) is 25.5. The number of unbranched alkanes of at least 4 members (excludes halogenated alkanes) is 6. The molecule has 0 unspecified atom stereocenters. The van der Waals surface area contributed by atoms with E-state index < -0.39 is 0 Å². The van der Waals surface area contributed by atoms with Gasteiger partial charge in [0.15, 0.2) is 0 Å². The Labute approximate surface area is 386 Å². The molecule has 1 aliphatic heterocycles. The highest BCUT2D eigenvalue weighted by Gasteiger charge is 2.25. The third-order valence-corrected chi connectivity index (χ3v) is 15.7. The van der Waals surface area contributed by atoms with Gasteiger partial charge in [0, 0.05) is 57.5 Å². The van der Waals surface area contributed by atoms with E-state index in [1.165, 1.54) is 186 Å². The second-order valence-corrected chi connectivity index (χ2v) is 20.0. The highest BCUT2D eigenvalue weighted by Crippen LogP contribution is 2.41. The maximum Gasteiger partial charge on any atom is 0.0983 e. The number of rotatable bonds is 10. The molecule has 63 heavy (non-hydrogen) atoms. The molecule has 0 spiro atoms. The summed E-state index contributed by atoms with van der Waals surface area (Å²) < 4.78 is 4.94. The fourth-order valence-corrected chi connectivity index (χ4v) is 12.1. The fourth-order valence-electron chi connectivity index (χ4n) is 11.4. The lowest BCUT2D eigenvalue weighted by Crippen LogP contribution is -2.13. The summed E-state index contributed by atoms with van der Waals surface area (Å²) >= 11 is 13.5. The fraction of sp³-hybridized carbons (Fsp3) is 0.571. The standard InChI is InChI=1S/C32H44N2.C20H18Cl2N2.C4H8O/c1-3-5-7-9-15-23-25-17-11-13-19-29(25)33-31-27(23)21-22-28-24(16-10-8-6-4-2)26-18-12-14-20-30(26)34-32(28)31;21-17-11-5-1-3-7-15(11)23-19-13(17)9-10-14-18(22)12-6-2-4-8-16(12)24-20(14)19;1-2-4-5-3-1/h21-22H,3-20H2,1-2H3;9-10H,1-8H2;1-4H2. The number of pyridine rings is 4. The molecule has 0 N–H and O–H groups in total. The molecule has 6 aromatic rings. The number of fused-ring (bicyclic) bond motifs is 10. The predicted octanol–water partition coefficient (Wildman–Crippen LogP) is 15.4. The second kappa shape index (κ2) is 21.3. The van der Waals surface area contributed by atoms with Crippen molar-refractivity contribution in [3.8, 4) is 0 Å². The van der Waals surface area contributed by atoms with E-state index >= 15 is 0 Å². The lowest BCUT2D eigenvalue weighted by molar-refractivity contribution is 0.198. The molecule has 4 aliphatic carbocycles. The van der Waals surface area contributed by atoms with E-state index in [1.807, 2.05) is 0 Å². The molecule has 0 saturated carbocycles. The number of hydrogen-bond acceptors (Lipinski definition) is 5. The van der Waals surface area contributed by atoms with Crippen LogP contribution in [0, 0.1) is 0 Å². The van der Waals surface area contributed by atoms with Crippen LogP contribution < -0.4 is 0 Å². The maximum absolute atomic E-state index is 6.74. The van der Waals surface area contributed by atoms with E-state index in [0.29, 0.717) is 0 Å². The van der Waals surface area contributed by atoms with Crippen molar-refractivity contribution in [3.63, 3.8) is 0 Å². The summed E-state index contributed by atoms with van der Waals surface area (Å²) in [5.41, 5.74) is 18.2. The molecular formula is C56H70Cl2N4O. The van der Waals surface area contributed by atoms with E-state index in [1.54, 1.807) is 22.3 Å². The summed E-state index contributed by atoms with van der Waals surface area (Å²) in [6.07, 6.45) is 34.4. The van der Waals surface area contributed by atoms with Crippen LogP contribution in [0.1, 0.15) is 186 Å². The van der Waals surface area contributed by atoms with Crippen LogP contribution in [-0.2, 0) is 68.9 Å². The number of benzene rings is 2. The van der Waals surface area contributed by atoms with Crippen molar-refractivity contribution in [2.45, 2.75) is 194 Å². The zero-order valence-corrected chi connectivity index (χ0v) is 40.0. The van der Waals surface area contributed by atoms with Crippen molar-refractivity contribution in [2.24, 2.45) is 0 Å². The van der Waals surface area contributed by atoms with Crippen molar-refractivity contribution in [1.29, 1.82) is 0 Å². The van der Waals surface area contributed by atoms with Crippen LogP contribution in [0.25, 0.3) is 43.6 Å². The first-order valence-corrected chi connectivity index (χ1v) is 26.3. The van der Waals surface area contributed by atoms with Gasteiger partial charge >= 0.3 is 0 Å². The van der Waals surface area contributed by atoms with Crippen molar-refractivity contribution in [1.82, 2.24) is 19.9 Å². The number of nitrogens with zero attached hydrogens (tertiary/aromatic N) is 4. The minimum Gasteiger partial charge on any atom is -0.381 e. The van der Waals surface area contributed by atoms with Crippen LogP contribution in [-0.4, -0.2) is 33.1 Å². The number of hydrogen-bond donors (Lipinski definition) is 0. The van der Waals surface area contributed by atoms with Crippen molar-refractivity contribution >= 4 is 66.8 Å². The van der Waals surface area contributed by atoms with E-state index in [2.05, 4.69) is 38.1 Å². The highest BCUT2D eigenvalue weighted by atomic mass is 35.5. The summed E-state index contributed by atoms with van der Waals surface area (Å²) in [5.74, 6) is 0. The Kier molecular flexibility index (Phi) is 15.1. The Bertz CT molecular complexity index is 2400. The Morgan fingerprint density at radius 2 is 0.730 bits per heavy atom. The smallest absolute Gasteiger partial charge is 0.0983 e. The quantitative estimate of drug-likeness (QED) is 0.101. The molecule has 0 bridgehead atoms. The van der Waals surface area contributed by atoms with E-state index in [9.17, 15) is 0 Å². The second-order valence-electron chi connectivity index (χ2n) is 19.2. The zero-order chi connectivity index (χ0) is 43.1. The van der Waals surface area contributed by atoms with Gasteiger partial charge in [-0.05, 0) is 175 Å². The van der Waals surface area contributed by atoms with Crippen LogP contribution in [0.5, 0.6) is 0 Å². The van der Waals surface area contributed by atoms with Gasteiger partial charge in [0.25, 0.3) is 0 Å². The molecule has 1 fully saturated rings. The highest BCUT2D eigenvalue weighted by molar-refractivity contribution is 6.39. The van der Waals surface area contributed by atoms with E-state index in [-0.39, 0.29) is 0 Å². The van der Waals surface area contributed by atoms with Gasteiger partial charge in [0.1, 0.15) is 0 Å². The van der Waals surface area contributed by atoms with Crippen molar-refractivity contribution < 1.29 is 4.74 Å². The number of halogens is 2. The van der Waals surface area contributed by atoms with Crippen LogP contribution >= 0.6 is 23.2 Å². The Balaban J connectivity index is 0.000000150. The summed E-state index contributed by atoms with van der Waals surface area (Å²) in [6.45, 7) is 6.62. The molecule has 4 aromatic heterocycles. The predicted molar refractivity (Wildman–Crippen MR) is 266 cm³/mol. The molecule has 11 rings (SSSR count). The van der Waals surface area contributed by atoms with E-state index in [4.69, 9.17) is 47.9 Å². The van der Waals surface area contributed by atoms with Gasteiger partial charge in [-0.3, -0.25) is 19.9 Å². The summed E-state index contributed by atoms with van der Waals surface area (Å²) in [5, 5.41) is 6.59. The minimum absolute atomic E-state index is 0.868. The SMILES string of the molecule is C1CCOC1.CCCCCCc1c2c(nc3c1ccc1c(CCCCCC)c4c(nc13)CCCC4)CCCC2.Clc1c2c(nc3c1ccc1c(Cl)c4c(nc13)CCCC4)CCCC2. The normalized spacial score (nSPS) is 16.8. The van der Waals surface area contributed by atoms with Gasteiger partial charge in [-0.2, -0.15) is 0 Å². The molecule has 1 saturated heterocycles. The molecule has 0 atom stereocenters. The minimum atomic E-state index is 0.868. The zero-order valence-electron chi connectivity index (χ0n) is 38.5. The van der Waals surface area contributed by atoms with Crippen molar-refractivity contribution in [2.75, 3.05) is 13.2 Å². The van der Waals surface area contributed by atoms with Crippen LogP contribution in [0.4, 0.5) is 0 Å². The van der Waals surface area contributed by atoms with Crippen molar-refractivity contribution in [3.05, 3.63) is 90.5 Å². The average molecular weight is 886 g/mol. The Morgan fingerprint density at radius 1 is 0.397 bits per heavy atom. The molecule has 7 heteroatoms. The molecule has 5 heterocycles. The molecule has 2 aromatic carbocycles. The molecule has 5 aliphatic rings. The molecule has 5 nitrogen and oxygen atoms in total. The molecule has 334 valence electrons. The van der Waals surface area contributed by atoms with Crippen LogP contribution in [0.3, 0.4) is 0 Å². The Morgan fingerprint density at radius 3 is 1.10 bits per heavy atom. The number of aryl methyl sites for hydroxylation is 6. The van der Waals surface area contributed by atoms with Crippen LogP contribution in [0.15, 0.2) is 24.3 Å². The third kappa shape index (κ3) is 9.64. The lowest BCUT2D eigenvalue weighted by atomic mass is 9.85. The first kappa shape index (κ1) is 44.8. The lowest BCUT2D eigenvalue weighted by Gasteiger charge is -2.24. The first-order chi connectivity index (χ1) is 31.1. The third-order valence-electron chi connectivity index (χ3n) is 14.8. The van der Waals surface area contributed by atoms with Gasteiger partial charge in [-0.25, -0.2) is 0 Å². The van der Waals surface area contributed by atoms with E-state index in [0.717, 1.165) is 95.0 Å². The Hall–Kier alpha value is -3.38. The van der Waals surface area contributed by atoms with Gasteiger partial charge < -0.3 is 4.74 Å². The van der Waals surface area contributed by atoms with Gasteiger partial charge in [0.2, 0.25) is 0 Å². The average Bonchev–Trinajstić information content (AvgIpc) is 3.93. The monoisotopic (exact) mass is 884 g/mol. The number of aromatic nitrogens is 4. The van der Waals surface area contributed by atoms with Crippen LogP contribution in [0.2, 0.25) is 10.0 Å². The molecule has 0 amide bonds. The van der Waals surface area contributed by atoms with Gasteiger partial charge in [-0.1, -0.05) is 99.8 Å². The summed E-state index contributed by atoms with van der Waals surface area (Å²) in [7, 11) is 0. The largest absolute Gasteiger partial charge is 0.381 e. The van der Waals surface area contributed by atoms with Gasteiger partial charge in [0.05, 0.1) is 32.1 Å². The van der Waals surface area contributed by atoms with Gasteiger partial charge in [-0.15, -0.1) is 0 Å². The molecular weight excluding hydrogens is 816 g/mol.